The third kappa shape index (κ3) is 1.26. The van der Waals surface area contributed by atoms with Crippen molar-refractivity contribution in [3.63, 3.8) is 0 Å². The van der Waals surface area contributed by atoms with Gasteiger partial charge in [0.15, 0.2) is 0 Å². The molecule has 0 saturated heterocycles. The van der Waals surface area contributed by atoms with Gasteiger partial charge in [-0.3, -0.25) is 5.43 Å². The zero-order chi connectivity index (χ0) is 7.68. The van der Waals surface area contributed by atoms with Crippen LogP contribution in [0.3, 0.4) is 0 Å². The highest BCUT2D eigenvalue weighted by molar-refractivity contribution is 9.10. The van der Waals surface area contributed by atoms with Crippen LogP contribution in [-0.2, 0) is 6.42 Å². The van der Waals surface area contributed by atoms with Crippen molar-refractivity contribution in [1.29, 1.82) is 0 Å². The first-order valence-electron chi connectivity index (χ1n) is 3.28. The van der Waals surface area contributed by atoms with E-state index in [1.54, 1.807) is 6.20 Å². The number of nitrogens with zero attached hydrogens (tertiary/aromatic N) is 2. The average Bonchev–Trinajstić information content (AvgIpc) is 2.04. The Morgan fingerprint density at radius 2 is 2.45 bits per heavy atom. The molecule has 0 amide bonds. The van der Waals surface area contributed by atoms with E-state index < -0.39 is 0 Å². The van der Waals surface area contributed by atoms with E-state index in [4.69, 9.17) is 0 Å². The highest BCUT2D eigenvalue weighted by Gasteiger charge is 2.05. The molecule has 1 aromatic heterocycles. The summed E-state index contributed by atoms with van der Waals surface area (Å²) in [6.07, 6.45) is 4.44. The van der Waals surface area contributed by atoms with Gasteiger partial charge in [0.05, 0.1) is 0 Å². The lowest BCUT2D eigenvalue weighted by Gasteiger charge is -2.09. The van der Waals surface area contributed by atoms with Gasteiger partial charge in [0.2, 0.25) is 0 Å². The SMILES string of the molecule is Brc1cnc2c(c1)CC=NN2. The van der Waals surface area contributed by atoms with Crippen molar-refractivity contribution in [2.24, 2.45) is 5.10 Å². The number of hydrazone groups is 1. The summed E-state index contributed by atoms with van der Waals surface area (Å²) in [6, 6.07) is 2.04. The van der Waals surface area contributed by atoms with Crippen LogP contribution in [0.25, 0.3) is 0 Å². The Labute approximate surface area is 72.7 Å². The van der Waals surface area contributed by atoms with E-state index in [-0.39, 0.29) is 0 Å². The molecule has 0 bridgehead atoms. The molecule has 0 fully saturated rings. The van der Waals surface area contributed by atoms with Crippen LogP contribution in [0.4, 0.5) is 5.82 Å². The van der Waals surface area contributed by atoms with Gasteiger partial charge in [0.25, 0.3) is 0 Å². The standard InChI is InChI=1S/C7H6BrN3/c8-6-3-5-1-2-10-11-7(5)9-4-6/h2-4H,1H2,(H,9,11). The molecule has 2 heterocycles. The Hall–Kier alpha value is -0.900. The summed E-state index contributed by atoms with van der Waals surface area (Å²) in [7, 11) is 0. The molecule has 0 aliphatic carbocycles. The normalized spacial score (nSPS) is 13.9. The zero-order valence-electron chi connectivity index (χ0n) is 5.71. The molecule has 56 valence electrons. The van der Waals surface area contributed by atoms with Gasteiger partial charge in [-0.25, -0.2) is 4.98 Å². The molecule has 0 aromatic carbocycles. The number of nitrogens with one attached hydrogen (secondary N) is 1. The maximum Gasteiger partial charge on any atom is 0.149 e. The van der Waals surface area contributed by atoms with Crippen molar-refractivity contribution >= 4 is 28.0 Å². The van der Waals surface area contributed by atoms with Crippen molar-refractivity contribution in [3.8, 4) is 0 Å². The zero-order valence-corrected chi connectivity index (χ0v) is 7.30. The Bertz CT molecular complexity index is 309. The molecule has 0 unspecified atom stereocenters. The van der Waals surface area contributed by atoms with Crippen molar-refractivity contribution in [2.75, 3.05) is 5.43 Å². The lowest BCUT2D eigenvalue weighted by molar-refractivity contribution is 1.12. The summed E-state index contributed by atoms with van der Waals surface area (Å²) < 4.78 is 1.01. The third-order valence-electron chi connectivity index (χ3n) is 1.51. The molecule has 0 atom stereocenters. The molecular weight excluding hydrogens is 206 g/mol. The number of hydrogen-bond acceptors (Lipinski definition) is 3. The van der Waals surface area contributed by atoms with E-state index in [0.717, 1.165) is 16.7 Å². The molecule has 1 aliphatic heterocycles. The van der Waals surface area contributed by atoms with Crippen LogP contribution in [0.15, 0.2) is 21.8 Å². The topological polar surface area (TPSA) is 37.3 Å². The highest BCUT2D eigenvalue weighted by atomic mass is 79.9. The van der Waals surface area contributed by atoms with Gasteiger partial charge in [-0.2, -0.15) is 5.10 Å². The van der Waals surface area contributed by atoms with E-state index in [2.05, 4.69) is 31.4 Å². The van der Waals surface area contributed by atoms with E-state index in [9.17, 15) is 0 Å². The highest BCUT2D eigenvalue weighted by Crippen LogP contribution is 2.19. The molecule has 4 heteroatoms. The molecule has 0 radical (unpaired) electrons. The first kappa shape index (κ1) is 6.79. The predicted octanol–water partition coefficient (Wildman–Crippen LogP) is 1.80. The summed E-state index contributed by atoms with van der Waals surface area (Å²) in [4.78, 5) is 4.15. The summed E-state index contributed by atoms with van der Waals surface area (Å²) in [6.45, 7) is 0. The largest absolute Gasteiger partial charge is 0.261 e. The van der Waals surface area contributed by atoms with Crippen molar-refractivity contribution < 1.29 is 0 Å². The summed E-state index contributed by atoms with van der Waals surface area (Å²) in [5.41, 5.74) is 4.00. The number of halogens is 1. The second-order valence-electron chi connectivity index (χ2n) is 2.29. The smallest absolute Gasteiger partial charge is 0.149 e. The fourth-order valence-corrected chi connectivity index (χ4v) is 1.37. The predicted molar refractivity (Wildman–Crippen MR) is 47.8 cm³/mol. The minimum Gasteiger partial charge on any atom is -0.261 e. The van der Waals surface area contributed by atoms with Crippen LogP contribution >= 0.6 is 15.9 Å². The van der Waals surface area contributed by atoms with Crippen LogP contribution in [0, 0.1) is 0 Å². The van der Waals surface area contributed by atoms with Gasteiger partial charge in [0.1, 0.15) is 5.82 Å². The average molecular weight is 212 g/mol. The van der Waals surface area contributed by atoms with Crippen LogP contribution < -0.4 is 5.43 Å². The van der Waals surface area contributed by atoms with E-state index >= 15 is 0 Å². The number of anilines is 1. The molecule has 0 saturated carbocycles. The van der Waals surface area contributed by atoms with E-state index in [0.29, 0.717) is 0 Å². The third-order valence-corrected chi connectivity index (χ3v) is 1.94. The van der Waals surface area contributed by atoms with Gasteiger partial charge >= 0.3 is 0 Å². The van der Waals surface area contributed by atoms with Gasteiger partial charge < -0.3 is 0 Å². The minimum atomic E-state index is 0.856. The molecule has 2 rings (SSSR count). The lowest BCUT2D eigenvalue weighted by Crippen LogP contribution is -2.04. The minimum absolute atomic E-state index is 0.856. The Kier molecular flexibility index (Phi) is 1.62. The fraction of sp³-hybridized carbons (Fsp3) is 0.143. The van der Waals surface area contributed by atoms with Crippen LogP contribution in [0.2, 0.25) is 0 Å². The second-order valence-corrected chi connectivity index (χ2v) is 3.20. The van der Waals surface area contributed by atoms with Crippen LogP contribution in [0.1, 0.15) is 5.56 Å². The van der Waals surface area contributed by atoms with E-state index in [1.807, 2.05) is 12.3 Å². The molecule has 1 aliphatic rings. The van der Waals surface area contributed by atoms with Gasteiger partial charge in [-0.15, -0.1) is 0 Å². The second kappa shape index (κ2) is 2.62. The first-order valence-corrected chi connectivity index (χ1v) is 4.07. The molecule has 1 N–H and O–H groups in total. The maximum atomic E-state index is 4.15. The van der Waals surface area contributed by atoms with Gasteiger partial charge in [-0.1, -0.05) is 0 Å². The number of aromatic nitrogens is 1. The van der Waals surface area contributed by atoms with E-state index in [1.165, 1.54) is 5.56 Å². The van der Waals surface area contributed by atoms with Crippen molar-refractivity contribution in [3.05, 3.63) is 22.3 Å². The van der Waals surface area contributed by atoms with Crippen molar-refractivity contribution in [2.45, 2.75) is 6.42 Å². The maximum absolute atomic E-state index is 4.15. The van der Waals surface area contributed by atoms with Crippen LogP contribution in [0.5, 0.6) is 0 Å². The number of rotatable bonds is 0. The molecule has 0 spiro atoms. The summed E-state index contributed by atoms with van der Waals surface area (Å²) in [5, 5.41) is 3.90. The number of hydrogen-bond donors (Lipinski definition) is 1. The van der Waals surface area contributed by atoms with Gasteiger partial charge in [0, 0.05) is 28.9 Å². The van der Waals surface area contributed by atoms with Crippen LogP contribution in [-0.4, -0.2) is 11.2 Å². The van der Waals surface area contributed by atoms with Crippen molar-refractivity contribution in [1.82, 2.24) is 4.98 Å². The lowest BCUT2D eigenvalue weighted by atomic mass is 10.2. The Balaban J connectivity index is 2.48. The summed E-state index contributed by atoms with van der Waals surface area (Å²) >= 11 is 3.36. The fourth-order valence-electron chi connectivity index (χ4n) is 0.988. The van der Waals surface area contributed by atoms with Gasteiger partial charge in [-0.05, 0) is 22.0 Å². The molecule has 3 nitrogen and oxygen atoms in total. The monoisotopic (exact) mass is 211 g/mol. The molecule has 1 aromatic rings. The first-order chi connectivity index (χ1) is 5.36. The molecular formula is C7H6BrN3. The quantitative estimate of drug-likeness (QED) is 0.711. The Morgan fingerprint density at radius 1 is 1.55 bits per heavy atom. The number of pyridine rings is 1. The molecule has 11 heavy (non-hydrogen) atoms. The summed E-state index contributed by atoms with van der Waals surface area (Å²) in [5.74, 6) is 0.857. The number of fused-ring (bicyclic) bond motifs is 1. The Morgan fingerprint density at radius 3 is 3.36 bits per heavy atom.